The minimum absolute atomic E-state index is 0.0431. The zero-order valence-electron chi connectivity index (χ0n) is 9.45. The molecule has 9 heteroatoms. The Labute approximate surface area is 111 Å². The van der Waals surface area contributed by atoms with Crippen LogP contribution < -0.4 is 4.90 Å². The maximum Gasteiger partial charge on any atom is 0.452 e. The van der Waals surface area contributed by atoms with Crippen molar-refractivity contribution < 1.29 is 17.9 Å². The standard InChI is InChI=1S/C9H11ClF3N3OS/c1-5-4-17-6(2-10)3-16(5)8-14-7(15-18-8)9(11,12)13/h5-6H,2-4H2,1H3. The fourth-order valence-corrected chi connectivity index (χ4v) is 2.61. The second kappa shape index (κ2) is 5.18. The number of hydrogen-bond acceptors (Lipinski definition) is 5. The fraction of sp³-hybridized carbons (Fsp3) is 0.778. The van der Waals surface area contributed by atoms with Gasteiger partial charge in [0.15, 0.2) is 0 Å². The van der Waals surface area contributed by atoms with Crippen LogP contribution >= 0.6 is 23.1 Å². The molecule has 0 bridgehead atoms. The molecule has 2 rings (SSSR count). The van der Waals surface area contributed by atoms with Crippen LogP contribution in [-0.2, 0) is 10.9 Å². The fourth-order valence-electron chi connectivity index (χ4n) is 1.62. The molecule has 0 radical (unpaired) electrons. The summed E-state index contributed by atoms with van der Waals surface area (Å²) in [5.74, 6) is -0.794. The third-order valence-electron chi connectivity index (χ3n) is 2.59. The first-order valence-electron chi connectivity index (χ1n) is 5.27. The minimum Gasteiger partial charge on any atom is -0.373 e. The number of hydrogen-bond donors (Lipinski definition) is 0. The van der Waals surface area contributed by atoms with Crippen molar-refractivity contribution in [1.29, 1.82) is 0 Å². The summed E-state index contributed by atoms with van der Waals surface area (Å²) in [6, 6.07) is -0.0431. The van der Waals surface area contributed by atoms with Crippen molar-refractivity contribution in [2.45, 2.75) is 25.2 Å². The van der Waals surface area contributed by atoms with Gasteiger partial charge in [-0.2, -0.15) is 22.5 Å². The zero-order chi connectivity index (χ0) is 13.3. The lowest BCUT2D eigenvalue weighted by molar-refractivity contribution is -0.144. The van der Waals surface area contributed by atoms with Crippen LogP contribution in [0.15, 0.2) is 0 Å². The molecule has 0 aromatic carbocycles. The molecule has 1 aliphatic heterocycles. The SMILES string of the molecule is CC1COC(CCl)CN1c1nc(C(F)(F)F)ns1. The largest absolute Gasteiger partial charge is 0.452 e. The van der Waals surface area contributed by atoms with Gasteiger partial charge >= 0.3 is 6.18 Å². The molecule has 1 aliphatic rings. The Morgan fingerprint density at radius 1 is 1.56 bits per heavy atom. The topological polar surface area (TPSA) is 38.2 Å². The quantitative estimate of drug-likeness (QED) is 0.786. The van der Waals surface area contributed by atoms with E-state index < -0.39 is 12.0 Å². The van der Waals surface area contributed by atoms with Crippen LogP contribution in [0, 0.1) is 0 Å². The molecule has 0 aliphatic carbocycles. The Hall–Kier alpha value is -0.600. The van der Waals surface area contributed by atoms with Crippen LogP contribution in [0.3, 0.4) is 0 Å². The number of anilines is 1. The van der Waals surface area contributed by atoms with Gasteiger partial charge in [-0.1, -0.05) is 0 Å². The number of rotatable bonds is 2. The van der Waals surface area contributed by atoms with Gasteiger partial charge < -0.3 is 9.64 Å². The molecule has 2 heterocycles. The number of halogens is 4. The molecule has 2 unspecified atom stereocenters. The highest BCUT2D eigenvalue weighted by Gasteiger charge is 2.37. The summed E-state index contributed by atoms with van der Waals surface area (Å²) >= 11 is 6.44. The summed E-state index contributed by atoms with van der Waals surface area (Å²) in [5, 5.41) is 0.258. The first kappa shape index (κ1) is 13.8. The van der Waals surface area contributed by atoms with Crippen LogP contribution in [0.4, 0.5) is 18.3 Å². The summed E-state index contributed by atoms with van der Waals surface area (Å²) in [6.45, 7) is 2.70. The summed E-state index contributed by atoms with van der Waals surface area (Å²) in [6.07, 6.45) is -4.70. The smallest absolute Gasteiger partial charge is 0.373 e. The molecule has 18 heavy (non-hydrogen) atoms. The van der Waals surface area contributed by atoms with Gasteiger partial charge in [0, 0.05) is 18.1 Å². The lowest BCUT2D eigenvalue weighted by atomic mass is 10.2. The van der Waals surface area contributed by atoms with Gasteiger partial charge in [-0.25, -0.2) is 0 Å². The molecule has 2 atom stereocenters. The Bertz CT molecular complexity index is 414. The van der Waals surface area contributed by atoms with Crippen LogP contribution in [0.5, 0.6) is 0 Å². The number of morpholine rings is 1. The zero-order valence-corrected chi connectivity index (χ0v) is 11.0. The van der Waals surface area contributed by atoms with E-state index in [1.807, 2.05) is 6.92 Å². The molecular formula is C9H11ClF3N3OS. The van der Waals surface area contributed by atoms with E-state index in [-0.39, 0.29) is 17.3 Å². The number of ether oxygens (including phenoxy) is 1. The Morgan fingerprint density at radius 2 is 2.28 bits per heavy atom. The van der Waals surface area contributed by atoms with Gasteiger partial charge in [-0.3, -0.25) is 0 Å². The van der Waals surface area contributed by atoms with E-state index in [1.54, 1.807) is 4.90 Å². The first-order valence-corrected chi connectivity index (χ1v) is 6.57. The molecule has 1 fully saturated rings. The van der Waals surface area contributed by atoms with Crippen molar-refractivity contribution in [1.82, 2.24) is 9.36 Å². The average Bonchev–Trinajstić information content (AvgIpc) is 2.78. The van der Waals surface area contributed by atoms with E-state index in [2.05, 4.69) is 9.36 Å². The van der Waals surface area contributed by atoms with Gasteiger partial charge in [0.2, 0.25) is 11.0 Å². The number of nitrogens with zero attached hydrogens (tertiary/aromatic N) is 3. The maximum absolute atomic E-state index is 12.4. The molecule has 0 spiro atoms. The summed E-state index contributed by atoms with van der Waals surface area (Å²) in [7, 11) is 0. The monoisotopic (exact) mass is 301 g/mol. The molecule has 0 N–H and O–H groups in total. The van der Waals surface area contributed by atoms with Crippen molar-refractivity contribution in [2.24, 2.45) is 0 Å². The second-order valence-electron chi connectivity index (χ2n) is 4.01. The lowest BCUT2D eigenvalue weighted by Gasteiger charge is -2.36. The van der Waals surface area contributed by atoms with E-state index in [1.165, 1.54) is 0 Å². The van der Waals surface area contributed by atoms with E-state index in [0.717, 1.165) is 11.5 Å². The normalized spacial score (nSPS) is 25.5. The summed E-state index contributed by atoms with van der Waals surface area (Å²) in [4.78, 5) is 5.29. The van der Waals surface area contributed by atoms with Crippen LogP contribution in [0.1, 0.15) is 12.7 Å². The molecule has 0 saturated carbocycles. The van der Waals surface area contributed by atoms with E-state index >= 15 is 0 Å². The molecular weight excluding hydrogens is 291 g/mol. The van der Waals surface area contributed by atoms with Gasteiger partial charge in [0.1, 0.15) is 0 Å². The lowest BCUT2D eigenvalue weighted by Crippen LogP contribution is -2.49. The highest BCUT2D eigenvalue weighted by Crippen LogP contribution is 2.31. The highest BCUT2D eigenvalue weighted by atomic mass is 35.5. The van der Waals surface area contributed by atoms with Crippen molar-refractivity contribution in [2.75, 3.05) is 23.9 Å². The third kappa shape index (κ3) is 2.86. The van der Waals surface area contributed by atoms with E-state index in [9.17, 15) is 13.2 Å². The van der Waals surface area contributed by atoms with Crippen molar-refractivity contribution in [3.63, 3.8) is 0 Å². The van der Waals surface area contributed by atoms with Gasteiger partial charge in [0.05, 0.1) is 24.6 Å². The molecule has 1 aromatic rings. The molecule has 1 saturated heterocycles. The Balaban J connectivity index is 2.17. The summed E-state index contributed by atoms with van der Waals surface area (Å²) in [5.41, 5.74) is 0. The molecule has 4 nitrogen and oxygen atoms in total. The Morgan fingerprint density at radius 3 is 2.83 bits per heavy atom. The van der Waals surface area contributed by atoms with Gasteiger partial charge in [-0.15, -0.1) is 11.6 Å². The molecule has 102 valence electrons. The van der Waals surface area contributed by atoms with Gasteiger partial charge in [0.25, 0.3) is 0 Å². The average molecular weight is 302 g/mol. The van der Waals surface area contributed by atoms with Crippen LogP contribution in [0.25, 0.3) is 0 Å². The van der Waals surface area contributed by atoms with Crippen molar-refractivity contribution in [3.8, 4) is 0 Å². The highest BCUT2D eigenvalue weighted by molar-refractivity contribution is 7.09. The molecule has 0 amide bonds. The first-order chi connectivity index (χ1) is 8.41. The van der Waals surface area contributed by atoms with Crippen molar-refractivity contribution in [3.05, 3.63) is 5.82 Å². The number of alkyl halides is 4. The van der Waals surface area contributed by atoms with Crippen LogP contribution in [-0.4, -0.2) is 40.5 Å². The van der Waals surface area contributed by atoms with Crippen molar-refractivity contribution >= 4 is 28.3 Å². The van der Waals surface area contributed by atoms with E-state index in [0.29, 0.717) is 19.0 Å². The summed E-state index contributed by atoms with van der Waals surface area (Å²) < 4.78 is 46.0. The third-order valence-corrected chi connectivity index (χ3v) is 3.69. The Kier molecular flexibility index (Phi) is 3.98. The molecule has 1 aromatic heterocycles. The van der Waals surface area contributed by atoms with Gasteiger partial charge in [-0.05, 0) is 6.92 Å². The van der Waals surface area contributed by atoms with Crippen LogP contribution in [0.2, 0.25) is 0 Å². The predicted octanol–water partition coefficient (Wildman–Crippen LogP) is 2.39. The predicted molar refractivity (Wildman–Crippen MR) is 62.2 cm³/mol. The number of aromatic nitrogens is 2. The second-order valence-corrected chi connectivity index (χ2v) is 5.05. The maximum atomic E-state index is 12.4. The minimum atomic E-state index is -4.50. The van der Waals surface area contributed by atoms with E-state index in [4.69, 9.17) is 16.3 Å².